The van der Waals surface area contributed by atoms with Gasteiger partial charge in [-0.2, -0.15) is 0 Å². The number of para-hydroxylation sites is 1. The lowest BCUT2D eigenvalue weighted by Crippen LogP contribution is -2.32. The van der Waals surface area contributed by atoms with E-state index in [0.717, 1.165) is 23.8 Å². The van der Waals surface area contributed by atoms with Crippen molar-refractivity contribution in [2.24, 2.45) is 5.92 Å². The van der Waals surface area contributed by atoms with E-state index in [9.17, 15) is 0 Å². The second kappa shape index (κ2) is 5.35. The minimum atomic E-state index is 0.276. The van der Waals surface area contributed by atoms with E-state index >= 15 is 0 Å². The van der Waals surface area contributed by atoms with Gasteiger partial charge in [0, 0.05) is 18.5 Å². The molecule has 0 radical (unpaired) electrons. The summed E-state index contributed by atoms with van der Waals surface area (Å²) in [5, 5.41) is 4.57. The van der Waals surface area contributed by atoms with E-state index in [-0.39, 0.29) is 6.04 Å². The summed E-state index contributed by atoms with van der Waals surface area (Å²) in [5.74, 6) is 1.87. The van der Waals surface area contributed by atoms with Crippen molar-refractivity contribution in [3.05, 3.63) is 36.1 Å². The Balaban J connectivity index is 1.77. The predicted molar refractivity (Wildman–Crippen MR) is 78.2 cm³/mol. The van der Waals surface area contributed by atoms with Gasteiger partial charge in [0.1, 0.15) is 11.3 Å². The number of likely N-dealkylation sites (tertiary alicyclic amines) is 1. The molecule has 0 amide bonds. The number of hydrogen-bond donors (Lipinski definition) is 1. The first-order valence-electron chi connectivity index (χ1n) is 7.14. The van der Waals surface area contributed by atoms with Crippen LogP contribution in [0.25, 0.3) is 11.0 Å². The number of rotatable bonds is 4. The SMILES string of the molecule is CNC(CN1CCC(C)C1)c1cc2ccccc2o1. The van der Waals surface area contributed by atoms with Crippen LogP contribution >= 0.6 is 0 Å². The Morgan fingerprint density at radius 2 is 2.26 bits per heavy atom. The molecule has 0 bridgehead atoms. The van der Waals surface area contributed by atoms with Crippen molar-refractivity contribution in [1.82, 2.24) is 10.2 Å². The molecule has 1 aliphatic rings. The molecule has 3 nitrogen and oxygen atoms in total. The fourth-order valence-electron chi connectivity index (χ4n) is 2.95. The molecule has 1 saturated heterocycles. The van der Waals surface area contributed by atoms with Gasteiger partial charge in [-0.3, -0.25) is 0 Å². The molecule has 1 fully saturated rings. The first-order valence-corrected chi connectivity index (χ1v) is 7.14. The van der Waals surface area contributed by atoms with Crippen molar-refractivity contribution in [3.63, 3.8) is 0 Å². The van der Waals surface area contributed by atoms with E-state index in [2.05, 4.69) is 35.3 Å². The molecule has 1 aliphatic heterocycles. The lowest BCUT2D eigenvalue weighted by molar-refractivity contribution is 0.274. The van der Waals surface area contributed by atoms with E-state index in [1.807, 2.05) is 19.2 Å². The van der Waals surface area contributed by atoms with Crippen molar-refractivity contribution in [2.45, 2.75) is 19.4 Å². The molecule has 2 unspecified atom stereocenters. The minimum Gasteiger partial charge on any atom is -0.459 e. The van der Waals surface area contributed by atoms with Crippen molar-refractivity contribution in [3.8, 4) is 0 Å². The molecule has 2 atom stereocenters. The van der Waals surface area contributed by atoms with Gasteiger partial charge >= 0.3 is 0 Å². The Hall–Kier alpha value is -1.32. The molecule has 3 rings (SSSR count). The third kappa shape index (κ3) is 2.67. The van der Waals surface area contributed by atoms with Gasteiger partial charge < -0.3 is 14.6 Å². The van der Waals surface area contributed by atoms with Crippen LogP contribution in [0.15, 0.2) is 34.7 Å². The zero-order chi connectivity index (χ0) is 13.2. The summed E-state index contributed by atoms with van der Waals surface area (Å²) in [6.07, 6.45) is 1.32. The zero-order valence-electron chi connectivity index (χ0n) is 11.7. The molecule has 3 heteroatoms. The smallest absolute Gasteiger partial charge is 0.134 e. The Labute approximate surface area is 114 Å². The van der Waals surface area contributed by atoms with Gasteiger partial charge in [-0.05, 0) is 38.1 Å². The van der Waals surface area contributed by atoms with Crippen molar-refractivity contribution >= 4 is 11.0 Å². The molecule has 0 aliphatic carbocycles. The highest BCUT2D eigenvalue weighted by Gasteiger charge is 2.23. The molecule has 0 saturated carbocycles. The molecule has 19 heavy (non-hydrogen) atoms. The Morgan fingerprint density at radius 3 is 2.95 bits per heavy atom. The molecular formula is C16H22N2O. The standard InChI is InChI=1S/C16H22N2O/c1-12-7-8-18(10-12)11-14(17-2)16-9-13-5-3-4-6-15(13)19-16/h3-6,9,12,14,17H,7-8,10-11H2,1-2H3. The topological polar surface area (TPSA) is 28.4 Å². The summed E-state index contributed by atoms with van der Waals surface area (Å²) < 4.78 is 5.97. The van der Waals surface area contributed by atoms with Crippen LogP contribution in [-0.4, -0.2) is 31.6 Å². The van der Waals surface area contributed by atoms with Gasteiger partial charge in [-0.15, -0.1) is 0 Å². The molecule has 1 aromatic heterocycles. The lowest BCUT2D eigenvalue weighted by atomic mass is 10.1. The molecule has 1 aromatic carbocycles. The summed E-state index contributed by atoms with van der Waals surface area (Å²) in [6, 6.07) is 10.6. The van der Waals surface area contributed by atoms with Crippen LogP contribution in [-0.2, 0) is 0 Å². The first-order chi connectivity index (χ1) is 9.26. The lowest BCUT2D eigenvalue weighted by Gasteiger charge is -2.21. The normalized spacial score (nSPS) is 22.1. The highest BCUT2D eigenvalue weighted by Crippen LogP contribution is 2.25. The molecule has 1 N–H and O–H groups in total. The number of nitrogens with zero attached hydrogens (tertiary/aromatic N) is 1. The minimum absolute atomic E-state index is 0.276. The quantitative estimate of drug-likeness (QED) is 0.913. The van der Waals surface area contributed by atoms with Crippen LogP contribution in [0.3, 0.4) is 0 Å². The zero-order valence-corrected chi connectivity index (χ0v) is 11.7. The van der Waals surface area contributed by atoms with Gasteiger partial charge in [0.2, 0.25) is 0 Å². The van der Waals surface area contributed by atoms with Crippen LogP contribution in [0.1, 0.15) is 25.1 Å². The van der Waals surface area contributed by atoms with Crippen LogP contribution in [0.5, 0.6) is 0 Å². The number of benzene rings is 1. The van der Waals surface area contributed by atoms with Crippen molar-refractivity contribution in [1.29, 1.82) is 0 Å². The molecule has 2 heterocycles. The second-order valence-corrected chi connectivity index (χ2v) is 5.68. The number of nitrogens with one attached hydrogen (secondary N) is 1. The summed E-state index contributed by atoms with van der Waals surface area (Å²) in [5.41, 5.74) is 0.979. The average Bonchev–Trinajstić information content (AvgIpc) is 3.01. The van der Waals surface area contributed by atoms with E-state index < -0.39 is 0 Å². The van der Waals surface area contributed by atoms with E-state index in [1.54, 1.807) is 0 Å². The van der Waals surface area contributed by atoms with E-state index in [0.29, 0.717) is 0 Å². The van der Waals surface area contributed by atoms with Crippen LogP contribution in [0, 0.1) is 5.92 Å². The van der Waals surface area contributed by atoms with Gasteiger partial charge in [0.15, 0.2) is 0 Å². The molecule has 2 aromatic rings. The van der Waals surface area contributed by atoms with E-state index in [4.69, 9.17) is 4.42 Å². The van der Waals surface area contributed by atoms with Crippen molar-refractivity contribution in [2.75, 3.05) is 26.7 Å². The largest absolute Gasteiger partial charge is 0.459 e. The Kier molecular flexibility index (Phi) is 3.58. The number of fused-ring (bicyclic) bond motifs is 1. The summed E-state index contributed by atoms with van der Waals surface area (Å²) >= 11 is 0. The maximum Gasteiger partial charge on any atom is 0.134 e. The molecule has 0 spiro atoms. The Bertz CT molecular complexity index is 515. The van der Waals surface area contributed by atoms with Crippen LogP contribution in [0.2, 0.25) is 0 Å². The molecular weight excluding hydrogens is 236 g/mol. The van der Waals surface area contributed by atoms with Gasteiger partial charge in [-0.25, -0.2) is 0 Å². The first kappa shape index (κ1) is 12.7. The number of likely N-dealkylation sites (N-methyl/N-ethyl adjacent to an activating group) is 1. The predicted octanol–water partition coefficient (Wildman–Crippen LogP) is 3.04. The summed E-state index contributed by atoms with van der Waals surface area (Å²) in [6.45, 7) is 5.77. The number of furan rings is 1. The fraction of sp³-hybridized carbons (Fsp3) is 0.500. The monoisotopic (exact) mass is 258 g/mol. The highest BCUT2D eigenvalue weighted by molar-refractivity contribution is 5.77. The van der Waals surface area contributed by atoms with Gasteiger partial charge in [0.05, 0.1) is 6.04 Å². The maximum atomic E-state index is 5.97. The Morgan fingerprint density at radius 1 is 1.42 bits per heavy atom. The van der Waals surface area contributed by atoms with Crippen LogP contribution in [0.4, 0.5) is 0 Å². The summed E-state index contributed by atoms with van der Waals surface area (Å²) in [4.78, 5) is 2.53. The highest BCUT2D eigenvalue weighted by atomic mass is 16.3. The maximum absolute atomic E-state index is 5.97. The van der Waals surface area contributed by atoms with Gasteiger partial charge in [0.25, 0.3) is 0 Å². The van der Waals surface area contributed by atoms with E-state index in [1.165, 1.54) is 24.9 Å². The third-order valence-electron chi connectivity index (χ3n) is 4.09. The second-order valence-electron chi connectivity index (χ2n) is 5.68. The third-order valence-corrected chi connectivity index (χ3v) is 4.09. The summed E-state index contributed by atoms with van der Waals surface area (Å²) in [7, 11) is 2.01. The molecule has 102 valence electrons. The van der Waals surface area contributed by atoms with Crippen molar-refractivity contribution < 1.29 is 4.42 Å². The number of hydrogen-bond acceptors (Lipinski definition) is 3. The van der Waals surface area contributed by atoms with Gasteiger partial charge in [-0.1, -0.05) is 25.1 Å². The fourth-order valence-corrected chi connectivity index (χ4v) is 2.95. The van der Waals surface area contributed by atoms with Crippen LogP contribution < -0.4 is 5.32 Å². The average molecular weight is 258 g/mol.